The van der Waals surface area contributed by atoms with E-state index in [4.69, 9.17) is 0 Å². The number of halogens is 1. The first-order valence-corrected chi connectivity index (χ1v) is 6.20. The van der Waals surface area contributed by atoms with Gasteiger partial charge in [0, 0.05) is 31.2 Å². The molecule has 102 valence electrons. The third-order valence-electron chi connectivity index (χ3n) is 3.35. The van der Waals surface area contributed by atoms with Crippen LogP contribution in [-0.2, 0) is 4.79 Å². The highest BCUT2D eigenvalue weighted by molar-refractivity contribution is 5.85. The lowest BCUT2D eigenvalue weighted by Crippen LogP contribution is -2.54. The molecule has 17 heavy (non-hydrogen) atoms. The molecular formula is C12H26ClN3O. The quantitative estimate of drug-likeness (QED) is 0.796. The molecule has 0 radical (unpaired) electrons. The van der Waals surface area contributed by atoms with E-state index in [-0.39, 0.29) is 23.9 Å². The SMILES string of the molecule is CCC(C)(C)NC(=O)CN1CCNC[C@@H]1C.Cl. The lowest BCUT2D eigenvalue weighted by Gasteiger charge is -2.34. The fourth-order valence-corrected chi connectivity index (χ4v) is 1.81. The molecule has 1 heterocycles. The van der Waals surface area contributed by atoms with Gasteiger partial charge in [0.2, 0.25) is 5.91 Å². The summed E-state index contributed by atoms with van der Waals surface area (Å²) in [7, 11) is 0. The number of carbonyl (C=O) groups excluding carboxylic acids is 1. The maximum Gasteiger partial charge on any atom is 0.234 e. The van der Waals surface area contributed by atoms with Crippen molar-refractivity contribution in [3.05, 3.63) is 0 Å². The average molecular weight is 264 g/mol. The topological polar surface area (TPSA) is 44.4 Å². The van der Waals surface area contributed by atoms with E-state index in [2.05, 4.69) is 43.2 Å². The Balaban J connectivity index is 0.00000256. The van der Waals surface area contributed by atoms with Crippen LogP contribution < -0.4 is 10.6 Å². The van der Waals surface area contributed by atoms with Crippen LogP contribution in [-0.4, -0.2) is 48.6 Å². The predicted molar refractivity (Wildman–Crippen MR) is 73.7 cm³/mol. The molecular weight excluding hydrogens is 238 g/mol. The molecule has 0 aliphatic carbocycles. The van der Waals surface area contributed by atoms with Gasteiger partial charge in [0.25, 0.3) is 0 Å². The van der Waals surface area contributed by atoms with Crippen LogP contribution in [0.2, 0.25) is 0 Å². The van der Waals surface area contributed by atoms with Crippen molar-refractivity contribution in [1.82, 2.24) is 15.5 Å². The second-order valence-corrected chi connectivity index (χ2v) is 5.31. The summed E-state index contributed by atoms with van der Waals surface area (Å²) in [5, 5.41) is 6.40. The van der Waals surface area contributed by atoms with Crippen molar-refractivity contribution in [1.29, 1.82) is 0 Å². The molecule has 1 atom stereocenters. The molecule has 1 amide bonds. The van der Waals surface area contributed by atoms with Crippen LogP contribution in [0.5, 0.6) is 0 Å². The van der Waals surface area contributed by atoms with Crippen LogP contribution in [0.1, 0.15) is 34.1 Å². The zero-order chi connectivity index (χ0) is 12.2. The van der Waals surface area contributed by atoms with E-state index in [1.807, 2.05) is 0 Å². The van der Waals surface area contributed by atoms with Crippen molar-refractivity contribution in [2.24, 2.45) is 0 Å². The van der Waals surface area contributed by atoms with Gasteiger partial charge in [-0.1, -0.05) is 6.92 Å². The van der Waals surface area contributed by atoms with Crippen LogP contribution in [0.3, 0.4) is 0 Å². The Hall–Kier alpha value is -0.320. The second kappa shape index (κ2) is 7.19. The normalized spacial score (nSPS) is 21.8. The van der Waals surface area contributed by atoms with Crippen molar-refractivity contribution in [3.8, 4) is 0 Å². The lowest BCUT2D eigenvalue weighted by atomic mass is 10.0. The summed E-state index contributed by atoms with van der Waals surface area (Å²) in [6.07, 6.45) is 0.954. The first kappa shape index (κ1) is 16.7. The number of carbonyl (C=O) groups is 1. The van der Waals surface area contributed by atoms with E-state index in [0.29, 0.717) is 12.6 Å². The molecule has 0 spiro atoms. The van der Waals surface area contributed by atoms with Crippen molar-refractivity contribution in [3.63, 3.8) is 0 Å². The van der Waals surface area contributed by atoms with Crippen molar-refractivity contribution < 1.29 is 4.79 Å². The number of hydrogen-bond acceptors (Lipinski definition) is 3. The van der Waals surface area contributed by atoms with Gasteiger partial charge in [-0.2, -0.15) is 0 Å². The van der Waals surface area contributed by atoms with Gasteiger partial charge >= 0.3 is 0 Å². The number of piperazine rings is 1. The highest BCUT2D eigenvalue weighted by Crippen LogP contribution is 2.07. The Kier molecular flexibility index (Phi) is 7.05. The van der Waals surface area contributed by atoms with Crippen molar-refractivity contribution >= 4 is 18.3 Å². The number of nitrogens with one attached hydrogen (secondary N) is 2. The Labute approximate surface area is 111 Å². The van der Waals surface area contributed by atoms with E-state index in [1.165, 1.54) is 0 Å². The predicted octanol–water partition coefficient (Wildman–Crippen LogP) is 1.01. The molecule has 0 aromatic carbocycles. The minimum Gasteiger partial charge on any atom is -0.350 e. The molecule has 0 aromatic heterocycles. The molecule has 1 rings (SSSR count). The summed E-state index contributed by atoms with van der Waals surface area (Å²) in [5.41, 5.74) is -0.0889. The van der Waals surface area contributed by atoms with Crippen LogP contribution in [0.4, 0.5) is 0 Å². The van der Waals surface area contributed by atoms with Gasteiger partial charge in [0.1, 0.15) is 0 Å². The highest BCUT2D eigenvalue weighted by Gasteiger charge is 2.23. The third kappa shape index (κ3) is 5.70. The first-order valence-electron chi connectivity index (χ1n) is 6.20. The van der Waals surface area contributed by atoms with Crippen LogP contribution in [0.15, 0.2) is 0 Å². The zero-order valence-electron chi connectivity index (χ0n) is 11.4. The van der Waals surface area contributed by atoms with Gasteiger partial charge in [-0.25, -0.2) is 0 Å². The van der Waals surface area contributed by atoms with E-state index in [9.17, 15) is 4.79 Å². The molecule has 1 fully saturated rings. The summed E-state index contributed by atoms with van der Waals surface area (Å²) < 4.78 is 0. The molecule has 1 aliphatic heterocycles. The van der Waals surface area contributed by atoms with Gasteiger partial charge < -0.3 is 10.6 Å². The number of hydrogen-bond donors (Lipinski definition) is 2. The molecule has 0 bridgehead atoms. The van der Waals surface area contributed by atoms with E-state index >= 15 is 0 Å². The Morgan fingerprint density at radius 1 is 1.53 bits per heavy atom. The minimum absolute atomic E-state index is 0. The fraction of sp³-hybridized carbons (Fsp3) is 0.917. The van der Waals surface area contributed by atoms with E-state index in [0.717, 1.165) is 26.1 Å². The highest BCUT2D eigenvalue weighted by atomic mass is 35.5. The van der Waals surface area contributed by atoms with E-state index in [1.54, 1.807) is 0 Å². The number of rotatable bonds is 4. The zero-order valence-corrected chi connectivity index (χ0v) is 12.2. The lowest BCUT2D eigenvalue weighted by molar-refractivity contribution is -0.124. The largest absolute Gasteiger partial charge is 0.350 e. The molecule has 0 unspecified atom stereocenters. The van der Waals surface area contributed by atoms with E-state index < -0.39 is 0 Å². The maximum absolute atomic E-state index is 11.9. The Morgan fingerprint density at radius 3 is 2.71 bits per heavy atom. The molecule has 1 aliphatic rings. The molecule has 1 saturated heterocycles. The van der Waals surface area contributed by atoms with Gasteiger partial charge in [-0.3, -0.25) is 9.69 Å². The van der Waals surface area contributed by atoms with Crippen LogP contribution in [0.25, 0.3) is 0 Å². The third-order valence-corrected chi connectivity index (χ3v) is 3.35. The number of amides is 1. The fourth-order valence-electron chi connectivity index (χ4n) is 1.81. The van der Waals surface area contributed by atoms with Crippen LogP contribution >= 0.6 is 12.4 Å². The van der Waals surface area contributed by atoms with Gasteiger partial charge in [0.15, 0.2) is 0 Å². The molecule has 2 N–H and O–H groups in total. The Morgan fingerprint density at radius 2 is 2.18 bits per heavy atom. The standard InChI is InChI=1S/C12H25N3O.ClH/c1-5-12(3,4)14-11(16)9-15-7-6-13-8-10(15)2;/h10,13H,5-9H2,1-4H3,(H,14,16);1H/t10-;/m0./s1. The smallest absolute Gasteiger partial charge is 0.234 e. The summed E-state index contributed by atoms with van der Waals surface area (Å²) >= 11 is 0. The summed E-state index contributed by atoms with van der Waals surface area (Å²) in [4.78, 5) is 14.1. The number of nitrogens with zero attached hydrogens (tertiary/aromatic N) is 1. The first-order chi connectivity index (χ1) is 7.44. The summed E-state index contributed by atoms with van der Waals surface area (Å²) in [6.45, 7) is 11.8. The molecule has 0 aromatic rings. The summed E-state index contributed by atoms with van der Waals surface area (Å²) in [6, 6.07) is 0.448. The average Bonchev–Trinajstić information content (AvgIpc) is 2.21. The minimum atomic E-state index is -0.0889. The summed E-state index contributed by atoms with van der Waals surface area (Å²) in [5.74, 6) is 0.139. The second-order valence-electron chi connectivity index (χ2n) is 5.31. The van der Waals surface area contributed by atoms with Gasteiger partial charge in [-0.15, -0.1) is 12.4 Å². The Bertz CT molecular complexity index is 246. The molecule has 0 saturated carbocycles. The van der Waals surface area contributed by atoms with Gasteiger partial charge in [0.05, 0.1) is 6.54 Å². The molecule has 5 heteroatoms. The van der Waals surface area contributed by atoms with Crippen molar-refractivity contribution in [2.75, 3.05) is 26.2 Å². The maximum atomic E-state index is 11.9. The monoisotopic (exact) mass is 263 g/mol. The van der Waals surface area contributed by atoms with Crippen LogP contribution in [0, 0.1) is 0 Å². The van der Waals surface area contributed by atoms with Gasteiger partial charge in [-0.05, 0) is 27.2 Å². The molecule has 4 nitrogen and oxygen atoms in total. The van der Waals surface area contributed by atoms with Crippen molar-refractivity contribution in [2.45, 2.75) is 45.7 Å².